The van der Waals surface area contributed by atoms with Gasteiger partial charge in [0.2, 0.25) is 0 Å². The van der Waals surface area contributed by atoms with E-state index in [0.717, 1.165) is 39.9 Å². The Bertz CT molecular complexity index is 3300. The van der Waals surface area contributed by atoms with Crippen LogP contribution in [-0.2, 0) is 0 Å². The van der Waals surface area contributed by atoms with Crippen LogP contribution in [0.15, 0.2) is 246 Å². The zero-order valence-electron chi connectivity index (χ0n) is 33.8. The Morgan fingerprint density at radius 1 is 0.355 bits per heavy atom. The van der Waals surface area contributed by atoms with Crippen LogP contribution in [0.4, 0.5) is 34.3 Å². The van der Waals surface area contributed by atoms with Gasteiger partial charge in [-0.25, -0.2) is 0 Å². The van der Waals surface area contributed by atoms with Gasteiger partial charge in [-0.1, -0.05) is 182 Å². The fourth-order valence-corrected chi connectivity index (χ4v) is 10.6. The molecule has 0 unspecified atom stereocenters. The van der Waals surface area contributed by atoms with Crippen LogP contribution in [0.3, 0.4) is 0 Å². The van der Waals surface area contributed by atoms with Crippen LogP contribution in [0.25, 0.3) is 60.4 Å². The van der Waals surface area contributed by atoms with Crippen molar-refractivity contribution in [2.75, 3.05) is 9.80 Å². The molecule has 62 heavy (non-hydrogen) atoms. The molecule has 0 aliphatic carbocycles. The van der Waals surface area contributed by atoms with Crippen molar-refractivity contribution < 1.29 is 0 Å². The predicted octanol–water partition coefficient (Wildman–Crippen LogP) is 16.7. The van der Waals surface area contributed by atoms with Crippen LogP contribution >= 0.6 is 11.8 Å². The lowest BCUT2D eigenvalue weighted by Crippen LogP contribution is -2.20. The number of hydrogen-bond donors (Lipinski definition) is 0. The second-order valence-electron chi connectivity index (χ2n) is 15.7. The third-order valence-electron chi connectivity index (χ3n) is 12.2. The first-order chi connectivity index (χ1) is 30.8. The van der Waals surface area contributed by atoms with Gasteiger partial charge in [-0.05, 0) is 111 Å². The number of nitrogens with zero attached hydrogens (tertiary/aromatic N) is 3. The van der Waals surface area contributed by atoms with Gasteiger partial charge in [0.15, 0.2) is 0 Å². The minimum atomic E-state index is 1.09. The molecule has 292 valence electrons. The third kappa shape index (κ3) is 5.99. The number of para-hydroxylation sites is 3. The molecule has 4 heteroatoms. The molecule has 12 rings (SSSR count). The van der Waals surface area contributed by atoms with E-state index < -0.39 is 0 Å². The number of aromatic nitrogens is 1. The standard InChI is InChI=1S/C58H39N3S/c1-3-20-44(21-4-1)60-53-29-12-11-26-52(53)56-58(60)61(45-22-5-2-6-23-45)55-31-15-30-54(57(55)62-56)59(46-36-32-42(33-37-46)50-27-13-18-40-16-7-9-24-48(40)50)47-38-34-43(35-39-47)51-28-14-19-41-17-8-10-25-49(41)51/h1-39H. The summed E-state index contributed by atoms with van der Waals surface area (Å²) in [6.45, 7) is 0. The van der Waals surface area contributed by atoms with Crippen LogP contribution in [-0.4, -0.2) is 4.57 Å². The smallest absolute Gasteiger partial charge is 0.137 e. The number of benzene rings is 10. The first-order valence-corrected chi connectivity index (χ1v) is 21.9. The maximum absolute atomic E-state index is 2.46. The molecule has 10 aromatic carbocycles. The number of fused-ring (bicyclic) bond motifs is 6. The highest BCUT2D eigenvalue weighted by Crippen LogP contribution is 2.59. The number of rotatable bonds is 7. The van der Waals surface area contributed by atoms with Gasteiger partial charge in [0.05, 0.1) is 26.7 Å². The van der Waals surface area contributed by atoms with E-state index in [1.165, 1.54) is 64.5 Å². The molecule has 11 aromatic rings. The lowest BCUT2D eigenvalue weighted by atomic mass is 9.97. The number of hydrogen-bond acceptors (Lipinski definition) is 3. The maximum atomic E-state index is 2.46. The minimum Gasteiger partial charge on any atom is -0.309 e. The molecule has 1 aliphatic rings. The molecule has 0 saturated carbocycles. The lowest BCUT2D eigenvalue weighted by Gasteiger charge is -2.36. The average molecular weight is 810 g/mol. The Hall–Kier alpha value is -7.79. The fraction of sp³-hybridized carbons (Fsp3) is 0. The topological polar surface area (TPSA) is 11.4 Å². The van der Waals surface area contributed by atoms with Gasteiger partial charge in [0.25, 0.3) is 0 Å². The van der Waals surface area contributed by atoms with E-state index in [1.807, 2.05) is 11.8 Å². The molecule has 0 fully saturated rings. The third-order valence-corrected chi connectivity index (χ3v) is 13.4. The largest absolute Gasteiger partial charge is 0.309 e. The molecular formula is C58H39N3S. The fourth-order valence-electron chi connectivity index (χ4n) is 9.32. The first-order valence-electron chi connectivity index (χ1n) is 21.1. The highest BCUT2D eigenvalue weighted by Gasteiger charge is 2.34. The molecular weight excluding hydrogens is 771 g/mol. The van der Waals surface area contributed by atoms with E-state index in [-0.39, 0.29) is 0 Å². The average Bonchev–Trinajstić information content (AvgIpc) is 3.68. The van der Waals surface area contributed by atoms with Crippen LogP contribution in [0.1, 0.15) is 0 Å². The molecule has 2 heterocycles. The summed E-state index contributed by atoms with van der Waals surface area (Å²) in [6.07, 6.45) is 0. The Morgan fingerprint density at radius 2 is 0.839 bits per heavy atom. The van der Waals surface area contributed by atoms with Crippen LogP contribution in [0.5, 0.6) is 0 Å². The summed E-state index contributed by atoms with van der Waals surface area (Å²) in [7, 11) is 0. The van der Waals surface area contributed by atoms with Gasteiger partial charge < -0.3 is 4.90 Å². The lowest BCUT2D eigenvalue weighted by molar-refractivity contribution is 1.03. The highest BCUT2D eigenvalue weighted by atomic mass is 32.2. The second-order valence-corrected chi connectivity index (χ2v) is 16.7. The van der Waals surface area contributed by atoms with Crippen molar-refractivity contribution >= 4 is 78.5 Å². The van der Waals surface area contributed by atoms with Gasteiger partial charge in [0.1, 0.15) is 5.82 Å². The predicted molar refractivity (Wildman–Crippen MR) is 263 cm³/mol. The molecule has 0 saturated heterocycles. The summed E-state index contributed by atoms with van der Waals surface area (Å²) in [5, 5.41) is 6.22. The van der Waals surface area contributed by atoms with Crippen molar-refractivity contribution in [1.29, 1.82) is 0 Å². The molecule has 0 bridgehead atoms. The SMILES string of the molecule is c1ccc(N2c3cccc(N(c4ccc(-c5cccc6ccccc56)cc4)c4ccc(-c5cccc6ccccc56)cc4)c3Sc3c2n(-c2ccccc2)c2ccccc32)cc1. The Kier molecular flexibility index (Phi) is 8.75. The van der Waals surface area contributed by atoms with Crippen molar-refractivity contribution in [2.45, 2.75) is 9.79 Å². The Labute approximate surface area is 365 Å². The van der Waals surface area contributed by atoms with Crippen molar-refractivity contribution in [3.05, 3.63) is 237 Å². The molecule has 0 amide bonds. The first kappa shape index (κ1) is 36.1. The summed E-state index contributed by atoms with van der Waals surface area (Å²) in [6, 6.07) is 85.8. The van der Waals surface area contributed by atoms with Gasteiger partial charge >= 0.3 is 0 Å². The van der Waals surface area contributed by atoms with E-state index in [1.54, 1.807) is 0 Å². The molecule has 0 N–H and O–H groups in total. The van der Waals surface area contributed by atoms with Crippen molar-refractivity contribution in [2.24, 2.45) is 0 Å². The second kappa shape index (κ2) is 15.0. The molecule has 0 spiro atoms. The van der Waals surface area contributed by atoms with E-state index >= 15 is 0 Å². The Morgan fingerprint density at radius 3 is 1.44 bits per heavy atom. The zero-order valence-corrected chi connectivity index (χ0v) is 34.6. The molecule has 0 atom stereocenters. The molecule has 3 nitrogen and oxygen atoms in total. The Balaban J connectivity index is 1.06. The van der Waals surface area contributed by atoms with Crippen molar-refractivity contribution in [3.8, 4) is 27.9 Å². The van der Waals surface area contributed by atoms with E-state index in [2.05, 4.69) is 251 Å². The van der Waals surface area contributed by atoms with Gasteiger partial charge in [-0.15, -0.1) is 0 Å². The summed E-state index contributed by atoms with van der Waals surface area (Å²) >= 11 is 1.87. The van der Waals surface area contributed by atoms with Gasteiger partial charge in [0, 0.05) is 28.1 Å². The summed E-state index contributed by atoms with van der Waals surface area (Å²) in [5.74, 6) is 1.14. The van der Waals surface area contributed by atoms with E-state index in [9.17, 15) is 0 Å². The van der Waals surface area contributed by atoms with Crippen molar-refractivity contribution in [3.63, 3.8) is 0 Å². The van der Waals surface area contributed by atoms with Crippen LogP contribution in [0, 0.1) is 0 Å². The zero-order chi connectivity index (χ0) is 41.0. The van der Waals surface area contributed by atoms with Crippen LogP contribution < -0.4 is 9.80 Å². The van der Waals surface area contributed by atoms with Gasteiger partial charge in [-0.3, -0.25) is 9.47 Å². The highest BCUT2D eigenvalue weighted by molar-refractivity contribution is 8.00. The molecule has 1 aliphatic heterocycles. The monoisotopic (exact) mass is 809 g/mol. The van der Waals surface area contributed by atoms with Gasteiger partial charge in [-0.2, -0.15) is 0 Å². The van der Waals surface area contributed by atoms with Crippen molar-refractivity contribution in [1.82, 2.24) is 4.57 Å². The summed E-state index contributed by atoms with van der Waals surface area (Å²) < 4.78 is 2.43. The minimum absolute atomic E-state index is 1.09. The summed E-state index contributed by atoms with van der Waals surface area (Å²) in [5.41, 5.74) is 12.7. The maximum Gasteiger partial charge on any atom is 0.137 e. The molecule has 1 aromatic heterocycles. The summed E-state index contributed by atoms with van der Waals surface area (Å²) in [4.78, 5) is 7.32. The van der Waals surface area contributed by atoms with Crippen LogP contribution in [0.2, 0.25) is 0 Å². The van der Waals surface area contributed by atoms with E-state index in [0.29, 0.717) is 0 Å². The quantitative estimate of drug-likeness (QED) is 0.159. The normalized spacial score (nSPS) is 12.1. The number of anilines is 6. The molecule has 0 radical (unpaired) electrons. The van der Waals surface area contributed by atoms with E-state index in [4.69, 9.17) is 0 Å².